The van der Waals surface area contributed by atoms with E-state index in [1.165, 1.54) is 25.7 Å². The normalized spacial score (nSPS) is 23.0. The molecule has 0 saturated carbocycles. The van der Waals surface area contributed by atoms with E-state index in [-0.39, 0.29) is 5.97 Å². The van der Waals surface area contributed by atoms with Gasteiger partial charge in [0.2, 0.25) is 0 Å². The molecule has 0 aromatic carbocycles. The predicted molar refractivity (Wildman–Crippen MR) is 52.3 cm³/mol. The molecule has 2 nitrogen and oxygen atoms in total. The lowest BCUT2D eigenvalue weighted by molar-refractivity contribution is -0.143. The van der Waals surface area contributed by atoms with E-state index < -0.39 is 0 Å². The Morgan fingerprint density at radius 1 is 1.54 bits per heavy atom. The summed E-state index contributed by atoms with van der Waals surface area (Å²) in [6.45, 7) is 6.49. The summed E-state index contributed by atoms with van der Waals surface area (Å²) in [7, 11) is 0. The van der Waals surface area contributed by atoms with E-state index in [4.69, 9.17) is 4.74 Å². The third kappa shape index (κ3) is 3.21. The van der Waals surface area contributed by atoms with Crippen LogP contribution in [0.2, 0.25) is 0 Å². The van der Waals surface area contributed by atoms with Crippen molar-refractivity contribution in [3.8, 4) is 0 Å². The molecule has 2 heteroatoms. The summed E-state index contributed by atoms with van der Waals surface area (Å²) in [4.78, 5) is 10.9. The SMILES string of the molecule is C=C1CC(CCCCC)COC1=O. The maximum absolute atomic E-state index is 10.9. The monoisotopic (exact) mass is 182 g/mol. The van der Waals surface area contributed by atoms with Crippen LogP contribution >= 0.6 is 0 Å². The highest BCUT2D eigenvalue weighted by atomic mass is 16.5. The van der Waals surface area contributed by atoms with Crippen molar-refractivity contribution in [1.29, 1.82) is 0 Å². The molecular formula is C11H18O2. The number of hydrogen-bond donors (Lipinski definition) is 0. The number of esters is 1. The van der Waals surface area contributed by atoms with E-state index in [1.807, 2.05) is 0 Å². The average Bonchev–Trinajstić information content (AvgIpc) is 2.12. The first-order chi connectivity index (χ1) is 6.24. The summed E-state index contributed by atoms with van der Waals surface area (Å²) in [5.41, 5.74) is 0.646. The fraction of sp³-hybridized carbons (Fsp3) is 0.727. The molecule has 1 rings (SSSR count). The third-order valence-electron chi connectivity index (χ3n) is 2.49. The molecule has 13 heavy (non-hydrogen) atoms. The Kier molecular flexibility index (Phi) is 4.00. The molecule has 0 radical (unpaired) electrons. The Labute approximate surface area is 80.0 Å². The van der Waals surface area contributed by atoms with Gasteiger partial charge in [0, 0.05) is 5.57 Å². The minimum absolute atomic E-state index is 0.202. The third-order valence-corrected chi connectivity index (χ3v) is 2.49. The fourth-order valence-corrected chi connectivity index (χ4v) is 1.65. The standard InChI is InChI=1S/C11H18O2/c1-3-4-5-6-10-7-9(2)11(12)13-8-10/h10H,2-8H2,1H3. The van der Waals surface area contributed by atoms with Crippen LogP contribution in [0.15, 0.2) is 12.2 Å². The zero-order valence-corrected chi connectivity index (χ0v) is 8.34. The van der Waals surface area contributed by atoms with Gasteiger partial charge in [0.1, 0.15) is 0 Å². The molecular weight excluding hydrogens is 164 g/mol. The van der Waals surface area contributed by atoms with Crippen LogP contribution in [0, 0.1) is 5.92 Å². The lowest BCUT2D eigenvalue weighted by atomic mass is 9.93. The summed E-state index contributed by atoms with van der Waals surface area (Å²) in [5.74, 6) is 0.323. The number of rotatable bonds is 4. The van der Waals surface area contributed by atoms with Crippen molar-refractivity contribution in [2.24, 2.45) is 5.92 Å². The molecule has 0 amide bonds. The molecule has 1 aliphatic rings. The lowest BCUT2D eigenvalue weighted by Gasteiger charge is -2.22. The molecule has 0 aliphatic carbocycles. The molecule has 0 bridgehead atoms. The fourth-order valence-electron chi connectivity index (χ4n) is 1.65. The maximum atomic E-state index is 10.9. The first-order valence-corrected chi connectivity index (χ1v) is 5.09. The van der Waals surface area contributed by atoms with E-state index in [2.05, 4.69) is 13.5 Å². The number of ether oxygens (including phenoxy) is 1. The molecule has 1 fully saturated rings. The van der Waals surface area contributed by atoms with Gasteiger partial charge in [-0.1, -0.05) is 32.8 Å². The van der Waals surface area contributed by atoms with E-state index in [0.717, 1.165) is 6.42 Å². The van der Waals surface area contributed by atoms with Crippen LogP contribution in [0.4, 0.5) is 0 Å². The molecule has 0 aromatic rings. The summed E-state index contributed by atoms with van der Waals surface area (Å²) < 4.78 is 4.99. The second-order valence-corrected chi connectivity index (χ2v) is 3.77. The van der Waals surface area contributed by atoms with Gasteiger partial charge >= 0.3 is 5.97 Å². The topological polar surface area (TPSA) is 26.3 Å². The van der Waals surface area contributed by atoms with Crippen molar-refractivity contribution >= 4 is 5.97 Å². The van der Waals surface area contributed by atoms with E-state index >= 15 is 0 Å². The van der Waals surface area contributed by atoms with E-state index in [1.54, 1.807) is 0 Å². The number of hydrogen-bond acceptors (Lipinski definition) is 2. The summed E-state index contributed by atoms with van der Waals surface area (Å²) in [5, 5.41) is 0. The van der Waals surface area contributed by atoms with Crippen molar-refractivity contribution in [2.45, 2.75) is 39.0 Å². The zero-order valence-electron chi connectivity index (χ0n) is 8.34. The summed E-state index contributed by atoms with van der Waals surface area (Å²) in [6.07, 6.45) is 5.76. The second-order valence-electron chi connectivity index (χ2n) is 3.77. The van der Waals surface area contributed by atoms with E-state index in [9.17, 15) is 4.79 Å². The van der Waals surface area contributed by atoms with Crippen molar-refractivity contribution < 1.29 is 9.53 Å². The quantitative estimate of drug-likeness (QED) is 0.379. The molecule has 1 saturated heterocycles. The predicted octanol–water partition coefficient (Wildman–Crippen LogP) is 2.69. The van der Waals surface area contributed by atoms with Gasteiger partial charge in [-0.25, -0.2) is 4.79 Å². The molecule has 0 aromatic heterocycles. The average molecular weight is 182 g/mol. The lowest BCUT2D eigenvalue weighted by Crippen LogP contribution is -2.23. The van der Waals surface area contributed by atoms with Gasteiger partial charge < -0.3 is 4.74 Å². The minimum atomic E-state index is -0.202. The first-order valence-electron chi connectivity index (χ1n) is 5.09. The highest BCUT2D eigenvalue weighted by molar-refractivity contribution is 5.88. The van der Waals surface area contributed by atoms with Crippen LogP contribution in [0.25, 0.3) is 0 Å². The Morgan fingerprint density at radius 2 is 2.31 bits per heavy atom. The van der Waals surface area contributed by atoms with Gasteiger partial charge in [0.15, 0.2) is 0 Å². The highest BCUT2D eigenvalue weighted by Crippen LogP contribution is 2.23. The molecule has 1 aliphatic heterocycles. The van der Waals surface area contributed by atoms with Gasteiger partial charge in [-0.2, -0.15) is 0 Å². The van der Waals surface area contributed by atoms with Gasteiger partial charge in [-0.15, -0.1) is 0 Å². The molecule has 74 valence electrons. The van der Waals surface area contributed by atoms with Crippen LogP contribution in [0.5, 0.6) is 0 Å². The minimum Gasteiger partial charge on any atom is -0.462 e. The molecule has 0 spiro atoms. The Balaban J connectivity index is 2.21. The van der Waals surface area contributed by atoms with Crippen LogP contribution in [-0.2, 0) is 9.53 Å². The number of carbonyl (C=O) groups excluding carboxylic acids is 1. The maximum Gasteiger partial charge on any atom is 0.333 e. The Hall–Kier alpha value is -0.790. The van der Waals surface area contributed by atoms with Crippen LogP contribution < -0.4 is 0 Å². The molecule has 1 unspecified atom stereocenters. The van der Waals surface area contributed by atoms with E-state index in [0.29, 0.717) is 18.1 Å². The van der Waals surface area contributed by atoms with Crippen LogP contribution in [-0.4, -0.2) is 12.6 Å². The van der Waals surface area contributed by atoms with Crippen molar-refractivity contribution in [2.75, 3.05) is 6.61 Å². The van der Waals surface area contributed by atoms with Crippen molar-refractivity contribution in [1.82, 2.24) is 0 Å². The Morgan fingerprint density at radius 3 is 2.92 bits per heavy atom. The van der Waals surface area contributed by atoms with Gasteiger partial charge in [0.25, 0.3) is 0 Å². The first kappa shape index (κ1) is 10.3. The van der Waals surface area contributed by atoms with Crippen LogP contribution in [0.1, 0.15) is 39.0 Å². The molecule has 1 atom stereocenters. The summed E-state index contributed by atoms with van der Waals surface area (Å²) in [6, 6.07) is 0. The zero-order chi connectivity index (χ0) is 9.68. The second kappa shape index (κ2) is 5.05. The van der Waals surface area contributed by atoms with Crippen molar-refractivity contribution in [3.63, 3.8) is 0 Å². The smallest absolute Gasteiger partial charge is 0.333 e. The number of unbranched alkanes of at least 4 members (excludes halogenated alkanes) is 2. The molecule has 0 N–H and O–H groups in total. The van der Waals surface area contributed by atoms with Gasteiger partial charge in [0.05, 0.1) is 6.61 Å². The Bertz CT molecular complexity index is 196. The molecule has 1 heterocycles. The van der Waals surface area contributed by atoms with Gasteiger partial charge in [-0.05, 0) is 18.8 Å². The van der Waals surface area contributed by atoms with Gasteiger partial charge in [-0.3, -0.25) is 0 Å². The van der Waals surface area contributed by atoms with Crippen molar-refractivity contribution in [3.05, 3.63) is 12.2 Å². The number of cyclic esters (lactones) is 1. The summed E-state index contributed by atoms with van der Waals surface area (Å²) >= 11 is 0. The largest absolute Gasteiger partial charge is 0.462 e. The number of carbonyl (C=O) groups is 1. The highest BCUT2D eigenvalue weighted by Gasteiger charge is 2.22. The van der Waals surface area contributed by atoms with Crippen LogP contribution in [0.3, 0.4) is 0 Å².